The highest BCUT2D eigenvalue weighted by atomic mass is 16.2. The number of amides is 1. The van der Waals surface area contributed by atoms with Gasteiger partial charge in [0, 0.05) is 31.7 Å². The molecule has 1 aromatic carbocycles. The standard InChI is InChI=1S/C26H39N3O/c30-26(28-13-5-1-2-6-14-28)23-10-7-15-29(20-23)24-11-16-27(17-12-24)25-18-21-8-3-4-9-22(21)19-25/h3-4,8-9,23-25H,1-2,5-7,10-20H2. The molecule has 0 N–H and O–H groups in total. The molecule has 0 radical (unpaired) electrons. The van der Waals surface area contributed by atoms with Gasteiger partial charge in [0.1, 0.15) is 0 Å². The van der Waals surface area contributed by atoms with Gasteiger partial charge in [-0.25, -0.2) is 0 Å². The summed E-state index contributed by atoms with van der Waals surface area (Å²) in [5.74, 6) is 0.710. The fourth-order valence-corrected chi connectivity index (χ4v) is 6.50. The maximum atomic E-state index is 13.2. The Morgan fingerprint density at radius 2 is 1.37 bits per heavy atom. The minimum absolute atomic E-state index is 0.249. The summed E-state index contributed by atoms with van der Waals surface area (Å²) in [7, 11) is 0. The van der Waals surface area contributed by atoms with E-state index in [1.807, 2.05) is 0 Å². The topological polar surface area (TPSA) is 26.8 Å². The molecule has 4 aliphatic rings. The number of fused-ring (bicyclic) bond motifs is 1. The lowest BCUT2D eigenvalue weighted by molar-refractivity contribution is -0.137. The second kappa shape index (κ2) is 9.40. The number of hydrogen-bond donors (Lipinski definition) is 0. The van der Waals surface area contributed by atoms with E-state index < -0.39 is 0 Å². The van der Waals surface area contributed by atoms with Gasteiger partial charge in [0.25, 0.3) is 0 Å². The van der Waals surface area contributed by atoms with Gasteiger partial charge in [-0.1, -0.05) is 37.1 Å². The molecule has 1 aliphatic carbocycles. The van der Waals surface area contributed by atoms with Crippen LogP contribution in [-0.2, 0) is 17.6 Å². The number of piperidine rings is 2. The molecule has 1 amide bonds. The molecule has 3 heterocycles. The maximum Gasteiger partial charge on any atom is 0.226 e. The zero-order valence-electron chi connectivity index (χ0n) is 18.6. The van der Waals surface area contributed by atoms with E-state index in [1.165, 1.54) is 77.4 Å². The van der Waals surface area contributed by atoms with Crippen LogP contribution in [0.2, 0.25) is 0 Å². The Hall–Kier alpha value is -1.39. The fourth-order valence-electron chi connectivity index (χ4n) is 6.50. The molecular formula is C26H39N3O. The summed E-state index contributed by atoms with van der Waals surface area (Å²) in [6.45, 7) is 6.66. The molecule has 1 unspecified atom stereocenters. The summed E-state index contributed by atoms with van der Waals surface area (Å²) in [5, 5.41) is 0. The van der Waals surface area contributed by atoms with E-state index in [4.69, 9.17) is 0 Å². The molecule has 30 heavy (non-hydrogen) atoms. The van der Waals surface area contributed by atoms with Crippen LogP contribution in [0.5, 0.6) is 0 Å². The molecule has 1 atom stereocenters. The zero-order valence-corrected chi connectivity index (χ0v) is 18.6. The lowest BCUT2D eigenvalue weighted by Gasteiger charge is -2.44. The van der Waals surface area contributed by atoms with Crippen LogP contribution in [0.3, 0.4) is 0 Å². The van der Waals surface area contributed by atoms with Crippen molar-refractivity contribution in [2.45, 2.75) is 76.3 Å². The molecule has 1 aromatic rings. The van der Waals surface area contributed by atoms with Gasteiger partial charge in [-0.15, -0.1) is 0 Å². The van der Waals surface area contributed by atoms with E-state index in [1.54, 1.807) is 11.1 Å². The van der Waals surface area contributed by atoms with Crippen LogP contribution < -0.4 is 0 Å². The molecule has 3 saturated heterocycles. The molecule has 5 rings (SSSR count). The SMILES string of the molecule is O=C(C1CCCN(C2CCN(C3Cc4ccccc4C3)CC2)C1)N1CCCCCC1. The minimum atomic E-state index is 0.249. The number of benzene rings is 1. The zero-order chi connectivity index (χ0) is 20.3. The molecule has 0 bridgehead atoms. The largest absolute Gasteiger partial charge is 0.342 e. The molecule has 164 valence electrons. The number of hydrogen-bond acceptors (Lipinski definition) is 3. The molecule has 3 fully saturated rings. The van der Waals surface area contributed by atoms with Gasteiger partial charge in [0.05, 0.1) is 5.92 Å². The summed E-state index contributed by atoms with van der Waals surface area (Å²) < 4.78 is 0. The highest BCUT2D eigenvalue weighted by Crippen LogP contribution is 2.30. The molecule has 4 nitrogen and oxygen atoms in total. The first-order valence-corrected chi connectivity index (χ1v) is 12.6. The lowest BCUT2D eigenvalue weighted by atomic mass is 9.92. The summed E-state index contributed by atoms with van der Waals surface area (Å²) in [4.78, 5) is 20.8. The summed E-state index contributed by atoms with van der Waals surface area (Å²) in [6.07, 6.45) is 12.3. The van der Waals surface area contributed by atoms with Crippen molar-refractivity contribution >= 4 is 5.91 Å². The summed E-state index contributed by atoms with van der Waals surface area (Å²) >= 11 is 0. The number of nitrogens with zero attached hydrogens (tertiary/aromatic N) is 3. The molecule has 0 spiro atoms. The molecule has 4 heteroatoms. The second-order valence-electron chi connectivity index (χ2n) is 10.2. The monoisotopic (exact) mass is 409 g/mol. The molecule has 3 aliphatic heterocycles. The highest BCUT2D eigenvalue weighted by molar-refractivity contribution is 5.79. The van der Waals surface area contributed by atoms with Crippen molar-refractivity contribution in [2.75, 3.05) is 39.3 Å². The Bertz CT molecular complexity index is 694. The number of carbonyl (C=O) groups is 1. The fraction of sp³-hybridized carbons (Fsp3) is 0.731. The number of carbonyl (C=O) groups excluding carboxylic acids is 1. The van der Waals surface area contributed by atoms with Crippen LogP contribution in [0.25, 0.3) is 0 Å². The van der Waals surface area contributed by atoms with E-state index in [9.17, 15) is 4.79 Å². The highest BCUT2D eigenvalue weighted by Gasteiger charge is 2.35. The van der Waals surface area contributed by atoms with Gasteiger partial charge in [0.2, 0.25) is 5.91 Å². The minimum Gasteiger partial charge on any atom is -0.342 e. The smallest absolute Gasteiger partial charge is 0.226 e. The predicted molar refractivity (Wildman–Crippen MR) is 122 cm³/mol. The third kappa shape index (κ3) is 4.45. The average molecular weight is 410 g/mol. The molecule has 0 saturated carbocycles. The summed E-state index contributed by atoms with van der Waals surface area (Å²) in [6, 6.07) is 10.4. The molecular weight excluding hydrogens is 370 g/mol. The quantitative estimate of drug-likeness (QED) is 0.761. The van der Waals surface area contributed by atoms with Gasteiger partial charge in [-0.3, -0.25) is 14.6 Å². The first kappa shape index (κ1) is 20.5. The normalized spacial score (nSPS) is 27.7. The van der Waals surface area contributed by atoms with Gasteiger partial charge in [-0.2, -0.15) is 0 Å². The Kier molecular flexibility index (Phi) is 6.42. The Labute approximate surface area is 182 Å². The van der Waals surface area contributed by atoms with Crippen LogP contribution in [0.1, 0.15) is 62.5 Å². The van der Waals surface area contributed by atoms with Crippen molar-refractivity contribution in [3.63, 3.8) is 0 Å². The van der Waals surface area contributed by atoms with Crippen LogP contribution in [-0.4, -0.2) is 72.0 Å². The number of rotatable bonds is 3. The lowest BCUT2D eigenvalue weighted by Crippen LogP contribution is -2.52. The number of likely N-dealkylation sites (tertiary alicyclic amines) is 3. The Morgan fingerprint density at radius 1 is 0.700 bits per heavy atom. The van der Waals surface area contributed by atoms with Crippen molar-refractivity contribution in [1.29, 1.82) is 0 Å². The first-order chi connectivity index (χ1) is 14.8. The van der Waals surface area contributed by atoms with E-state index in [-0.39, 0.29) is 5.92 Å². The third-order valence-corrected chi connectivity index (χ3v) is 8.28. The van der Waals surface area contributed by atoms with Gasteiger partial charge in [-0.05, 0) is 82.1 Å². The summed E-state index contributed by atoms with van der Waals surface area (Å²) in [5.41, 5.74) is 3.13. The van der Waals surface area contributed by atoms with Crippen LogP contribution in [0.15, 0.2) is 24.3 Å². The van der Waals surface area contributed by atoms with Crippen molar-refractivity contribution in [1.82, 2.24) is 14.7 Å². The van der Waals surface area contributed by atoms with Crippen molar-refractivity contribution < 1.29 is 4.79 Å². The van der Waals surface area contributed by atoms with Crippen LogP contribution >= 0.6 is 0 Å². The van der Waals surface area contributed by atoms with Gasteiger partial charge < -0.3 is 4.90 Å². The Morgan fingerprint density at radius 3 is 2.03 bits per heavy atom. The van der Waals surface area contributed by atoms with Crippen molar-refractivity contribution in [3.05, 3.63) is 35.4 Å². The molecule has 0 aromatic heterocycles. The van der Waals surface area contributed by atoms with Gasteiger partial charge in [0.15, 0.2) is 0 Å². The second-order valence-corrected chi connectivity index (χ2v) is 10.2. The van der Waals surface area contributed by atoms with E-state index in [2.05, 4.69) is 39.0 Å². The van der Waals surface area contributed by atoms with Crippen molar-refractivity contribution in [3.8, 4) is 0 Å². The Balaban J connectivity index is 1.12. The van der Waals surface area contributed by atoms with E-state index in [0.717, 1.165) is 26.1 Å². The average Bonchev–Trinajstić information content (AvgIpc) is 3.05. The van der Waals surface area contributed by atoms with E-state index >= 15 is 0 Å². The van der Waals surface area contributed by atoms with Crippen LogP contribution in [0.4, 0.5) is 0 Å². The van der Waals surface area contributed by atoms with Crippen molar-refractivity contribution in [2.24, 2.45) is 5.92 Å². The van der Waals surface area contributed by atoms with Crippen LogP contribution in [0, 0.1) is 5.92 Å². The first-order valence-electron chi connectivity index (χ1n) is 12.6. The van der Waals surface area contributed by atoms with E-state index in [0.29, 0.717) is 18.0 Å². The maximum absolute atomic E-state index is 13.2. The van der Waals surface area contributed by atoms with Gasteiger partial charge >= 0.3 is 0 Å². The predicted octanol–water partition coefficient (Wildman–Crippen LogP) is 3.73. The third-order valence-electron chi connectivity index (χ3n) is 8.28.